The molecule has 1 aliphatic rings. The highest BCUT2D eigenvalue weighted by molar-refractivity contribution is 7.98. The highest BCUT2D eigenvalue weighted by Crippen LogP contribution is 2.20. The van der Waals surface area contributed by atoms with Gasteiger partial charge in [-0.05, 0) is 48.8 Å². The van der Waals surface area contributed by atoms with Gasteiger partial charge in [0.05, 0.1) is 4.92 Å². The molecule has 0 bridgehead atoms. The summed E-state index contributed by atoms with van der Waals surface area (Å²) in [5.41, 5.74) is 1.05. The van der Waals surface area contributed by atoms with E-state index in [1.807, 2.05) is 30.5 Å². The Bertz CT molecular complexity index is 965. The predicted molar refractivity (Wildman–Crippen MR) is 128 cm³/mol. The standard InChI is InChI=1S/C22H25ClN4O4S/c1-32-14-9-20(24-21(28)16-3-2-4-19(15-16)27(30)31)22(29)26-12-10-25(11-13-26)18-7-5-17(23)6-8-18/h2-8,15,20H,9-14H2,1H3,(H,24,28). The van der Waals surface area contributed by atoms with Crippen LogP contribution in [0.15, 0.2) is 48.5 Å². The van der Waals surface area contributed by atoms with E-state index in [0.717, 1.165) is 5.69 Å². The van der Waals surface area contributed by atoms with E-state index in [1.165, 1.54) is 24.3 Å². The zero-order chi connectivity index (χ0) is 23.1. The number of nitro groups is 1. The van der Waals surface area contributed by atoms with Crippen molar-refractivity contribution < 1.29 is 14.5 Å². The van der Waals surface area contributed by atoms with Crippen molar-refractivity contribution in [3.05, 3.63) is 69.2 Å². The van der Waals surface area contributed by atoms with E-state index in [0.29, 0.717) is 43.4 Å². The zero-order valence-corrected chi connectivity index (χ0v) is 19.3. The molecular formula is C22H25ClN4O4S. The summed E-state index contributed by atoms with van der Waals surface area (Å²) in [5.74, 6) is 0.0812. The molecule has 1 N–H and O–H groups in total. The molecule has 2 aromatic rings. The number of carbonyl (C=O) groups excluding carboxylic acids is 2. The second-order valence-corrected chi connectivity index (χ2v) is 8.83. The quantitative estimate of drug-likeness (QED) is 0.463. The number of nitrogens with zero attached hydrogens (tertiary/aromatic N) is 3. The lowest BCUT2D eigenvalue weighted by molar-refractivity contribution is -0.384. The Labute approximate surface area is 196 Å². The van der Waals surface area contributed by atoms with E-state index in [9.17, 15) is 19.7 Å². The van der Waals surface area contributed by atoms with Gasteiger partial charge >= 0.3 is 0 Å². The fourth-order valence-electron chi connectivity index (χ4n) is 3.55. The van der Waals surface area contributed by atoms with E-state index < -0.39 is 16.9 Å². The van der Waals surface area contributed by atoms with Crippen LogP contribution in [0.2, 0.25) is 5.02 Å². The minimum atomic E-state index is -0.684. The Morgan fingerprint density at radius 3 is 2.47 bits per heavy atom. The molecule has 1 atom stereocenters. The van der Waals surface area contributed by atoms with Crippen LogP contribution < -0.4 is 10.2 Å². The van der Waals surface area contributed by atoms with Gasteiger partial charge < -0.3 is 15.1 Å². The van der Waals surface area contributed by atoms with Crippen LogP contribution in [-0.4, -0.2) is 65.9 Å². The lowest BCUT2D eigenvalue weighted by Crippen LogP contribution is -2.55. The van der Waals surface area contributed by atoms with Crippen molar-refractivity contribution in [2.45, 2.75) is 12.5 Å². The highest BCUT2D eigenvalue weighted by atomic mass is 35.5. The smallest absolute Gasteiger partial charge is 0.270 e. The van der Waals surface area contributed by atoms with Gasteiger partial charge in [0.2, 0.25) is 5.91 Å². The minimum Gasteiger partial charge on any atom is -0.368 e. The van der Waals surface area contributed by atoms with Crippen LogP contribution in [0, 0.1) is 10.1 Å². The summed E-state index contributed by atoms with van der Waals surface area (Å²) in [6.45, 7) is 2.46. The van der Waals surface area contributed by atoms with Crippen molar-refractivity contribution in [1.29, 1.82) is 0 Å². The molecular weight excluding hydrogens is 452 g/mol. The number of hydrogen-bond acceptors (Lipinski definition) is 6. The molecule has 3 rings (SSSR count). The molecule has 0 radical (unpaired) electrons. The second-order valence-electron chi connectivity index (χ2n) is 7.40. The third-order valence-electron chi connectivity index (χ3n) is 5.32. The van der Waals surface area contributed by atoms with Gasteiger partial charge in [-0.15, -0.1) is 0 Å². The Kier molecular flexibility index (Phi) is 8.35. The molecule has 1 unspecified atom stereocenters. The molecule has 10 heteroatoms. The largest absolute Gasteiger partial charge is 0.368 e. The monoisotopic (exact) mass is 476 g/mol. The molecule has 8 nitrogen and oxygen atoms in total. The topological polar surface area (TPSA) is 95.8 Å². The Balaban J connectivity index is 1.64. The van der Waals surface area contributed by atoms with E-state index in [1.54, 1.807) is 16.7 Å². The van der Waals surface area contributed by atoms with Gasteiger partial charge in [0, 0.05) is 54.6 Å². The van der Waals surface area contributed by atoms with Crippen LogP contribution in [0.4, 0.5) is 11.4 Å². The van der Waals surface area contributed by atoms with Crippen molar-refractivity contribution in [2.75, 3.05) is 43.1 Å². The van der Waals surface area contributed by atoms with E-state index >= 15 is 0 Å². The molecule has 0 aliphatic carbocycles. The van der Waals surface area contributed by atoms with E-state index in [2.05, 4.69) is 10.2 Å². The fraction of sp³-hybridized carbons (Fsp3) is 0.364. The number of non-ortho nitro benzene ring substituents is 1. The lowest BCUT2D eigenvalue weighted by atomic mass is 10.1. The van der Waals surface area contributed by atoms with Gasteiger partial charge in [-0.3, -0.25) is 19.7 Å². The van der Waals surface area contributed by atoms with Gasteiger partial charge in [0.1, 0.15) is 6.04 Å². The average molecular weight is 477 g/mol. The van der Waals surface area contributed by atoms with Gasteiger partial charge in [0.15, 0.2) is 0 Å². The van der Waals surface area contributed by atoms with E-state index in [4.69, 9.17) is 11.6 Å². The van der Waals surface area contributed by atoms with Crippen LogP contribution in [0.25, 0.3) is 0 Å². The third-order valence-corrected chi connectivity index (χ3v) is 6.21. The van der Waals surface area contributed by atoms with Crippen LogP contribution in [-0.2, 0) is 4.79 Å². The fourth-order valence-corrected chi connectivity index (χ4v) is 4.15. The molecule has 1 fully saturated rings. The first-order valence-corrected chi connectivity index (χ1v) is 12.0. The van der Waals surface area contributed by atoms with Crippen molar-refractivity contribution >= 4 is 46.6 Å². The van der Waals surface area contributed by atoms with Crippen molar-refractivity contribution in [3.8, 4) is 0 Å². The number of thioether (sulfide) groups is 1. The maximum absolute atomic E-state index is 13.2. The number of nitro benzene ring substituents is 1. The van der Waals surface area contributed by atoms with Gasteiger partial charge in [-0.2, -0.15) is 11.8 Å². The van der Waals surface area contributed by atoms with Gasteiger partial charge in [-0.1, -0.05) is 17.7 Å². The molecule has 32 heavy (non-hydrogen) atoms. The average Bonchev–Trinajstić information content (AvgIpc) is 2.82. The van der Waals surface area contributed by atoms with Crippen LogP contribution in [0.5, 0.6) is 0 Å². The number of halogens is 1. The highest BCUT2D eigenvalue weighted by Gasteiger charge is 2.29. The first-order chi connectivity index (χ1) is 15.4. The van der Waals surface area contributed by atoms with E-state index in [-0.39, 0.29) is 17.2 Å². The number of rotatable bonds is 8. The van der Waals surface area contributed by atoms with Crippen molar-refractivity contribution in [3.63, 3.8) is 0 Å². The molecule has 170 valence electrons. The molecule has 1 heterocycles. The second kappa shape index (κ2) is 11.2. The van der Waals surface area contributed by atoms with Gasteiger partial charge in [0.25, 0.3) is 11.6 Å². The molecule has 2 amide bonds. The first-order valence-electron chi connectivity index (χ1n) is 10.2. The maximum Gasteiger partial charge on any atom is 0.270 e. The van der Waals surface area contributed by atoms with Gasteiger partial charge in [-0.25, -0.2) is 0 Å². The molecule has 0 spiro atoms. The number of anilines is 1. The molecule has 1 saturated heterocycles. The first kappa shape index (κ1) is 23.9. The predicted octanol–water partition coefficient (Wildman–Crippen LogP) is 3.45. The summed E-state index contributed by atoms with van der Waals surface area (Å²) >= 11 is 7.55. The summed E-state index contributed by atoms with van der Waals surface area (Å²) in [5, 5.41) is 14.5. The van der Waals surface area contributed by atoms with Crippen molar-refractivity contribution in [2.24, 2.45) is 0 Å². The summed E-state index contributed by atoms with van der Waals surface area (Å²) < 4.78 is 0. The Morgan fingerprint density at radius 1 is 1.16 bits per heavy atom. The van der Waals surface area contributed by atoms with Crippen LogP contribution in [0.1, 0.15) is 16.8 Å². The third kappa shape index (κ3) is 6.14. The van der Waals surface area contributed by atoms with Crippen molar-refractivity contribution in [1.82, 2.24) is 10.2 Å². The molecule has 0 aromatic heterocycles. The lowest BCUT2D eigenvalue weighted by Gasteiger charge is -2.37. The summed E-state index contributed by atoms with van der Waals surface area (Å²) in [6.07, 6.45) is 2.42. The normalized spacial score (nSPS) is 14.7. The molecule has 0 saturated carbocycles. The summed E-state index contributed by atoms with van der Waals surface area (Å²) in [4.78, 5) is 40.3. The summed E-state index contributed by atoms with van der Waals surface area (Å²) in [6, 6.07) is 12.4. The maximum atomic E-state index is 13.2. The number of piperazine rings is 1. The SMILES string of the molecule is CSCCC(NC(=O)c1cccc([N+](=O)[O-])c1)C(=O)N1CCN(c2ccc(Cl)cc2)CC1. The zero-order valence-electron chi connectivity index (χ0n) is 17.7. The number of nitrogens with one attached hydrogen (secondary N) is 1. The number of benzene rings is 2. The summed E-state index contributed by atoms with van der Waals surface area (Å²) in [7, 11) is 0. The molecule has 2 aromatic carbocycles. The van der Waals surface area contributed by atoms with Crippen LogP contribution in [0.3, 0.4) is 0 Å². The minimum absolute atomic E-state index is 0.131. The molecule has 1 aliphatic heterocycles. The van der Waals surface area contributed by atoms with Crippen LogP contribution >= 0.6 is 23.4 Å². The Morgan fingerprint density at radius 2 is 1.84 bits per heavy atom. The number of amides is 2. The Hall–Kier alpha value is -2.78. The number of carbonyl (C=O) groups is 2. The number of hydrogen-bond donors (Lipinski definition) is 1.